The molecule has 104 valence electrons. The van der Waals surface area contributed by atoms with Crippen LogP contribution in [0, 0.1) is 13.8 Å². The van der Waals surface area contributed by atoms with Crippen LogP contribution in [0.2, 0.25) is 0 Å². The van der Waals surface area contributed by atoms with Gasteiger partial charge in [-0.25, -0.2) is 0 Å². The molecule has 1 aliphatic rings. The third-order valence-electron chi connectivity index (χ3n) is 4.04. The quantitative estimate of drug-likeness (QED) is 0.842. The monoisotopic (exact) mass is 260 g/mol. The molecule has 1 aromatic carbocycles. The highest BCUT2D eigenvalue weighted by molar-refractivity contribution is 5.91. The molecule has 3 heteroatoms. The number of hydrogen-bond donors (Lipinski definition) is 1. The van der Waals surface area contributed by atoms with E-state index in [1.54, 1.807) is 0 Å². The van der Waals surface area contributed by atoms with Gasteiger partial charge in [0.15, 0.2) is 0 Å². The van der Waals surface area contributed by atoms with Crippen LogP contribution in [0.15, 0.2) is 18.2 Å². The average molecular weight is 260 g/mol. The minimum atomic E-state index is -0.517. The van der Waals surface area contributed by atoms with Crippen molar-refractivity contribution in [3.8, 4) is 0 Å². The predicted molar refractivity (Wildman–Crippen MR) is 79.6 cm³/mol. The summed E-state index contributed by atoms with van der Waals surface area (Å²) in [6, 6.07) is 6.41. The number of aryl methyl sites for hydroxylation is 2. The Labute approximate surface area is 116 Å². The second kappa shape index (κ2) is 4.26. The molecule has 2 rings (SSSR count). The van der Waals surface area contributed by atoms with Crippen LogP contribution >= 0.6 is 0 Å². The number of rotatable bonds is 1. The predicted octanol–water partition coefficient (Wildman–Crippen LogP) is 2.80. The molecule has 0 saturated carbocycles. The minimum absolute atomic E-state index is 0.0852. The number of amides is 1. The highest BCUT2D eigenvalue weighted by Gasteiger charge is 2.44. The summed E-state index contributed by atoms with van der Waals surface area (Å²) in [6.45, 7) is 13.1. The van der Waals surface area contributed by atoms with E-state index in [2.05, 4.69) is 56.1 Å². The van der Waals surface area contributed by atoms with Crippen molar-refractivity contribution in [3.05, 3.63) is 29.3 Å². The molecule has 1 fully saturated rings. The fourth-order valence-electron chi connectivity index (χ4n) is 2.52. The maximum atomic E-state index is 12.3. The average Bonchev–Trinajstić information content (AvgIpc) is 2.27. The summed E-state index contributed by atoms with van der Waals surface area (Å²) >= 11 is 0. The zero-order valence-electron chi connectivity index (χ0n) is 12.8. The lowest BCUT2D eigenvalue weighted by Gasteiger charge is -2.49. The summed E-state index contributed by atoms with van der Waals surface area (Å²) in [4.78, 5) is 14.5. The van der Waals surface area contributed by atoms with Crippen molar-refractivity contribution >= 4 is 11.6 Å². The summed E-state index contributed by atoms with van der Waals surface area (Å²) < 4.78 is 0. The molecule has 0 aromatic heterocycles. The fraction of sp³-hybridized carbons (Fsp3) is 0.562. The van der Waals surface area contributed by atoms with Crippen LogP contribution in [0.25, 0.3) is 0 Å². The first-order chi connectivity index (χ1) is 8.63. The molecule has 1 aromatic rings. The maximum absolute atomic E-state index is 12.3. The van der Waals surface area contributed by atoms with Crippen LogP contribution in [0.3, 0.4) is 0 Å². The first kappa shape index (κ1) is 13.9. The molecule has 0 atom stereocenters. The number of piperazine rings is 1. The highest BCUT2D eigenvalue weighted by atomic mass is 16.2. The van der Waals surface area contributed by atoms with Crippen molar-refractivity contribution in [2.24, 2.45) is 0 Å². The number of anilines is 1. The molecule has 1 N–H and O–H groups in total. The summed E-state index contributed by atoms with van der Waals surface area (Å²) in [6.07, 6.45) is 0. The topological polar surface area (TPSA) is 32.3 Å². The lowest BCUT2D eigenvalue weighted by Crippen LogP contribution is -2.69. The van der Waals surface area contributed by atoms with Crippen LogP contribution < -0.4 is 10.2 Å². The zero-order valence-corrected chi connectivity index (χ0v) is 12.8. The summed E-state index contributed by atoms with van der Waals surface area (Å²) in [5.41, 5.74) is 2.94. The Morgan fingerprint density at radius 3 is 2.32 bits per heavy atom. The SMILES string of the molecule is Cc1ccc(N2CC(C)(C)NC(=O)C2(C)C)cc1C. The van der Waals surface area contributed by atoms with Crippen molar-refractivity contribution in [2.75, 3.05) is 11.4 Å². The Kier molecular flexibility index (Phi) is 3.12. The number of benzene rings is 1. The Bertz CT molecular complexity index is 517. The third kappa shape index (κ3) is 2.46. The number of nitrogens with one attached hydrogen (secondary N) is 1. The van der Waals surface area contributed by atoms with Gasteiger partial charge in [-0.1, -0.05) is 6.07 Å². The Balaban J connectivity index is 2.45. The van der Waals surface area contributed by atoms with Crippen LogP contribution in [-0.4, -0.2) is 23.5 Å². The number of carbonyl (C=O) groups is 1. The van der Waals surface area contributed by atoms with Gasteiger partial charge in [-0.3, -0.25) is 4.79 Å². The molecule has 1 aliphatic heterocycles. The van der Waals surface area contributed by atoms with Crippen LogP contribution in [0.5, 0.6) is 0 Å². The zero-order chi connectivity index (χ0) is 14.4. The maximum Gasteiger partial charge on any atom is 0.245 e. The first-order valence-corrected chi connectivity index (χ1v) is 6.81. The van der Waals surface area contributed by atoms with E-state index in [9.17, 15) is 4.79 Å². The van der Waals surface area contributed by atoms with E-state index in [1.165, 1.54) is 11.1 Å². The van der Waals surface area contributed by atoms with E-state index >= 15 is 0 Å². The second-order valence-electron chi connectivity index (χ2n) is 6.75. The molecular formula is C16H24N2O. The fourth-order valence-corrected chi connectivity index (χ4v) is 2.52. The minimum Gasteiger partial charge on any atom is -0.355 e. The van der Waals surface area contributed by atoms with Gasteiger partial charge in [-0.15, -0.1) is 0 Å². The van der Waals surface area contributed by atoms with E-state index in [0.29, 0.717) is 0 Å². The Morgan fingerprint density at radius 2 is 1.74 bits per heavy atom. The van der Waals surface area contributed by atoms with Gasteiger partial charge in [0.25, 0.3) is 0 Å². The van der Waals surface area contributed by atoms with Gasteiger partial charge in [-0.05, 0) is 64.8 Å². The van der Waals surface area contributed by atoms with E-state index in [-0.39, 0.29) is 11.4 Å². The highest BCUT2D eigenvalue weighted by Crippen LogP contribution is 2.31. The summed E-state index contributed by atoms with van der Waals surface area (Å²) in [7, 11) is 0. The number of carbonyl (C=O) groups excluding carboxylic acids is 1. The standard InChI is InChI=1S/C16H24N2O/c1-11-7-8-13(9-12(11)2)18-10-15(3,4)17-14(19)16(18,5)6/h7-9H,10H2,1-6H3,(H,17,19). The van der Waals surface area contributed by atoms with Crippen molar-refractivity contribution in [1.82, 2.24) is 5.32 Å². The van der Waals surface area contributed by atoms with Crippen LogP contribution in [0.1, 0.15) is 38.8 Å². The molecular weight excluding hydrogens is 236 g/mol. The van der Waals surface area contributed by atoms with Crippen LogP contribution in [0.4, 0.5) is 5.69 Å². The number of nitrogens with zero attached hydrogens (tertiary/aromatic N) is 1. The molecule has 0 spiro atoms. The van der Waals surface area contributed by atoms with Gasteiger partial charge in [0.1, 0.15) is 5.54 Å². The Morgan fingerprint density at radius 1 is 1.11 bits per heavy atom. The molecule has 0 radical (unpaired) electrons. The first-order valence-electron chi connectivity index (χ1n) is 6.81. The second-order valence-corrected chi connectivity index (χ2v) is 6.75. The third-order valence-corrected chi connectivity index (χ3v) is 4.04. The van der Waals surface area contributed by atoms with Gasteiger partial charge in [0.05, 0.1) is 5.54 Å². The van der Waals surface area contributed by atoms with Gasteiger partial charge >= 0.3 is 0 Å². The Hall–Kier alpha value is -1.51. The normalized spacial score (nSPS) is 21.2. The smallest absolute Gasteiger partial charge is 0.245 e. The molecule has 0 aliphatic carbocycles. The van der Waals surface area contributed by atoms with Gasteiger partial charge in [-0.2, -0.15) is 0 Å². The van der Waals surface area contributed by atoms with Gasteiger partial charge in [0.2, 0.25) is 5.91 Å². The lowest BCUT2D eigenvalue weighted by molar-refractivity contribution is -0.128. The van der Waals surface area contributed by atoms with Crippen LogP contribution in [-0.2, 0) is 4.79 Å². The van der Waals surface area contributed by atoms with Crippen molar-refractivity contribution in [1.29, 1.82) is 0 Å². The lowest BCUT2D eigenvalue weighted by atomic mass is 9.89. The van der Waals surface area contributed by atoms with Gasteiger partial charge in [0, 0.05) is 12.2 Å². The molecule has 0 unspecified atom stereocenters. The molecule has 19 heavy (non-hydrogen) atoms. The van der Waals surface area contributed by atoms with Crippen molar-refractivity contribution in [2.45, 2.75) is 52.6 Å². The summed E-state index contributed by atoms with van der Waals surface area (Å²) in [5, 5.41) is 3.09. The van der Waals surface area contributed by atoms with E-state index in [4.69, 9.17) is 0 Å². The van der Waals surface area contributed by atoms with Crippen molar-refractivity contribution in [3.63, 3.8) is 0 Å². The molecule has 1 amide bonds. The molecule has 0 bridgehead atoms. The summed E-state index contributed by atoms with van der Waals surface area (Å²) in [5.74, 6) is 0.0852. The van der Waals surface area contributed by atoms with E-state index < -0.39 is 5.54 Å². The number of hydrogen-bond acceptors (Lipinski definition) is 2. The van der Waals surface area contributed by atoms with Gasteiger partial charge < -0.3 is 10.2 Å². The van der Waals surface area contributed by atoms with Crippen molar-refractivity contribution < 1.29 is 4.79 Å². The molecule has 3 nitrogen and oxygen atoms in total. The van der Waals surface area contributed by atoms with E-state index in [1.807, 2.05) is 13.8 Å². The molecule has 1 heterocycles. The van der Waals surface area contributed by atoms with E-state index in [0.717, 1.165) is 12.2 Å². The largest absolute Gasteiger partial charge is 0.355 e. The molecule has 1 saturated heterocycles.